The second kappa shape index (κ2) is 12.6. The molecule has 0 atom stereocenters. The van der Waals surface area contributed by atoms with Gasteiger partial charge < -0.3 is 14.2 Å². The van der Waals surface area contributed by atoms with Crippen molar-refractivity contribution in [1.82, 2.24) is 5.43 Å². The molecule has 0 unspecified atom stereocenters. The quantitative estimate of drug-likeness (QED) is 0.140. The first-order valence-corrected chi connectivity index (χ1v) is 12.5. The molecule has 0 fully saturated rings. The molecule has 6 heteroatoms. The molecule has 1 N–H and O–H groups in total. The van der Waals surface area contributed by atoms with E-state index >= 15 is 0 Å². The van der Waals surface area contributed by atoms with Crippen LogP contribution in [-0.4, -0.2) is 25.8 Å². The number of carbonyl (C=O) groups excluding carboxylic acids is 1. The van der Waals surface area contributed by atoms with Gasteiger partial charge in [-0.25, -0.2) is 5.43 Å². The van der Waals surface area contributed by atoms with Gasteiger partial charge in [-0.3, -0.25) is 4.79 Å². The molecule has 194 valence electrons. The molecule has 0 aliphatic heterocycles. The van der Waals surface area contributed by atoms with Gasteiger partial charge in [0.1, 0.15) is 12.4 Å². The van der Waals surface area contributed by atoms with E-state index in [1.165, 1.54) is 5.56 Å². The van der Waals surface area contributed by atoms with Gasteiger partial charge in [-0.05, 0) is 66.4 Å². The Labute approximate surface area is 223 Å². The Morgan fingerprint density at radius 1 is 0.974 bits per heavy atom. The summed E-state index contributed by atoms with van der Waals surface area (Å²) in [4.78, 5) is 12.9. The number of allylic oxidation sites excluding steroid dienone is 1. The van der Waals surface area contributed by atoms with Crippen LogP contribution in [0.3, 0.4) is 0 Å². The van der Waals surface area contributed by atoms with E-state index in [4.69, 9.17) is 14.2 Å². The number of fused-ring (bicyclic) bond motifs is 1. The average molecular weight is 509 g/mol. The monoisotopic (exact) mass is 508 g/mol. The maximum atomic E-state index is 12.9. The molecule has 0 aromatic heterocycles. The van der Waals surface area contributed by atoms with Crippen molar-refractivity contribution < 1.29 is 19.0 Å². The number of methoxy groups -OCH3 is 1. The molecule has 0 saturated carbocycles. The SMILES string of the molecule is C=CCc1cc(/C=N\NC(=O)c2cc3ccccc3cc2OC)cc(OCC)c1OCc1ccc(C)cc1. The van der Waals surface area contributed by atoms with E-state index in [2.05, 4.69) is 48.3 Å². The first kappa shape index (κ1) is 26.5. The highest BCUT2D eigenvalue weighted by molar-refractivity contribution is 6.02. The number of hydrogen-bond acceptors (Lipinski definition) is 5. The van der Waals surface area contributed by atoms with Crippen LogP contribution < -0.4 is 19.6 Å². The normalized spacial score (nSPS) is 10.9. The van der Waals surface area contributed by atoms with Crippen LogP contribution >= 0.6 is 0 Å². The zero-order valence-electron chi connectivity index (χ0n) is 22.0. The van der Waals surface area contributed by atoms with Gasteiger partial charge in [-0.1, -0.05) is 60.2 Å². The number of nitrogens with zero attached hydrogens (tertiary/aromatic N) is 1. The Morgan fingerprint density at radius 2 is 1.71 bits per heavy atom. The second-order valence-corrected chi connectivity index (χ2v) is 8.81. The van der Waals surface area contributed by atoms with Gasteiger partial charge in [0.15, 0.2) is 11.5 Å². The third-order valence-electron chi connectivity index (χ3n) is 6.01. The number of carbonyl (C=O) groups is 1. The number of benzene rings is 4. The number of amides is 1. The Hall–Kier alpha value is -4.58. The molecule has 0 aliphatic carbocycles. The molecule has 6 nitrogen and oxygen atoms in total. The first-order valence-electron chi connectivity index (χ1n) is 12.5. The summed E-state index contributed by atoms with van der Waals surface area (Å²) in [6.45, 7) is 8.77. The van der Waals surface area contributed by atoms with Crippen LogP contribution in [0.25, 0.3) is 10.8 Å². The van der Waals surface area contributed by atoms with Crippen molar-refractivity contribution in [3.05, 3.63) is 113 Å². The average Bonchev–Trinajstić information content (AvgIpc) is 2.93. The minimum atomic E-state index is -0.363. The van der Waals surface area contributed by atoms with Crippen LogP contribution in [0.15, 0.2) is 90.6 Å². The smallest absolute Gasteiger partial charge is 0.275 e. The molecule has 0 aliphatic rings. The predicted molar refractivity (Wildman–Crippen MR) is 153 cm³/mol. The van der Waals surface area contributed by atoms with Gasteiger partial charge in [-0.2, -0.15) is 5.10 Å². The van der Waals surface area contributed by atoms with Crippen LogP contribution in [-0.2, 0) is 13.0 Å². The molecule has 0 heterocycles. The molecule has 4 aromatic rings. The summed E-state index contributed by atoms with van der Waals surface area (Å²) in [7, 11) is 1.54. The van der Waals surface area contributed by atoms with Gasteiger partial charge in [-0.15, -0.1) is 6.58 Å². The number of rotatable bonds is 11. The van der Waals surface area contributed by atoms with E-state index in [0.717, 1.165) is 27.5 Å². The highest BCUT2D eigenvalue weighted by Gasteiger charge is 2.15. The highest BCUT2D eigenvalue weighted by atomic mass is 16.5. The van der Waals surface area contributed by atoms with Crippen molar-refractivity contribution >= 4 is 22.9 Å². The summed E-state index contributed by atoms with van der Waals surface area (Å²) in [6.07, 6.45) is 3.99. The summed E-state index contributed by atoms with van der Waals surface area (Å²) in [6, 6.07) is 23.5. The number of hydrogen-bond donors (Lipinski definition) is 1. The lowest BCUT2D eigenvalue weighted by atomic mass is 10.1. The summed E-state index contributed by atoms with van der Waals surface area (Å²) < 4.78 is 17.6. The second-order valence-electron chi connectivity index (χ2n) is 8.81. The minimum absolute atomic E-state index is 0.363. The molecular weight excluding hydrogens is 476 g/mol. The Morgan fingerprint density at radius 3 is 2.39 bits per heavy atom. The number of aryl methyl sites for hydroxylation is 1. The van der Waals surface area contributed by atoms with Gasteiger partial charge in [0.25, 0.3) is 5.91 Å². The lowest BCUT2D eigenvalue weighted by molar-refractivity contribution is 0.0952. The summed E-state index contributed by atoms with van der Waals surface area (Å²) in [5.74, 6) is 1.41. The van der Waals surface area contributed by atoms with Crippen LogP contribution in [0.2, 0.25) is 0 Å². The fourth-order valence-electron chi connectivity index (χ4n) is 4.12. The molecule has 0 bridgehead atoms. The highest BCUT2D eigenvalue weighted by Crippen LogP contribution is 2.34. The summed E-state index contributed by atoms with van der Waals surface area (Å²) >= 11 is 0. The lowest BCUT2D eigenvalue weighted by Crippen LogP contribution is -2.18. The Bertz CT molecular complexity index is 1460. The van der Waals surface area contributed by atoms with Crippen LogP contribution in [0.5, 0.6) is 17.2 Å². The summed E-state index contributed by atoms with van der Waals surface area (Å²) in [5.41, 5.74) is 6.97. The summed E-state index contributed by atoms with van der Waals surface area (Å²) in [5, 5.41) is 6.14. The van der Waals surface area contributed by atoms with E-state index in [1.54, 1.807) is 19.4 Å². The molecule has 0 radical (unpaired) electrons. The van der Waals surface area contributed by atoms with Crippen LogP contribution in [0, 0.1) is 6.92 Å². The van der Waals surface area contributed by atoms with Crippen molar-refractivity contribution in [2.45, 2.75) is 26.9 Å². The minimum Gasteiger partial charge on any atom is -0.496 e. The van der Waals surface area contributed by atoms with E-state index in [0.29, 0.717) is 42.4 Å². The largest absolute Gasteiger partial charge is 0.496 e. The first-order chi connectivity index (χ1) is 18.5. The van der Waals surface area contributed by atoms with Crippen LogP contribution in [0.4, 0.5) is 0 Å². The maximum Gasteiger partial charge on any atom is 0.275 e. The molecule has 4 aromatic carbocycles. The third kappa shape index (κ3) is 6.40. The van der Waals surface area contributed by atoms with E-state index in [-0.39, 0.29) is 5.91 Å². The van der Waals surface area contributed by atoms with Crippen molar-refractivity contribution in [2.75, 3.05) is 13.7 Å². The molecular formula is C32H32N2O4. The maximum absolute atomic E-state index is 12.9. The van der Waals surface area contributed by atoms with E-state index < -0.39 is 0 Å². The number of nitrogens with one attached hydrogen (secondary N) is 1. The number of hydrazone groups is 1. The number of ether oxygens (including phenoxy) is 3. The third-order valence-corrected chi connectivity index (χ3v) is 6.01. The fourth-order valence-corrected chi connectivity index (χ4v) is 4.12. The van der Waals surface area contributed by atoms with Crippen molar-refractivity contribution in [1.29, 1.82) is 0 Å². The molecule has 38 heavy (non-hydrogen) atoms. The standard InChI is InChI=1S/C32H32N2O4/c1-5-9-27-16-24(17-30(37-6-2)31(27)38-21-23-14-12-22(3)13-15-23)20-33-34-32(35)28-18-25-10-7-8-11-26(25)19-29(28)36-4/h5,7-8,10-20H,1,6,9,21H2,2-4H3,(H,34,35)/b33-20-. The molecule has 1 amide bonds. The van der Waals surface area contributed by atoms with Gasteiger partial charge >= 0.3 is 0 Å². The topological polar surface area (TPSA) is 69.2 Å². The zero-order valence-corrected chi connectivity index (χ0v) is 22.0. The van der Waals surface area contributed by atoms with E-state index in [1.807, 2.05) is 55.5 Å². The van der Waals surface area contributed by atoms with Gasteiger partial charge in [0.05, 0.1) is 25.5 Å². The fraction of sp³-hybridized carbons (Fsp3) is 0.188. The zero-order chi connectivity index (χ0) is 26.9. The molecule has 4 rings (SSSR count). The van der Waals surface area contributed by atoms with Gasteiger partial charge in [0.2, 0.25) is 0 Å². The van der Waals surface area contributed by atoms with E-state index in [9.17, 15) is 4.79 Å². The van der Waals surface area contributed by atoms with Crippen molar-refractivity contribution in [3.63, 3.8) is 0 Å². The van der Waals surface area contributed by atoms with Crippen molar-refractivity contribution in [3.8, 4) is 17.2 Å². The molecule has 0 saturated heterocycles. The Kier molecular flexibility index (Phi) is 8.77. The Balaban J connectivity index is 1.55. The molecule has 0 spiro atoms. The van der Waals surface area contributed by atoms with Gasteiger partial charge in [0, 0.05) is 5.56 Å². The van der Waals surface area contributed by atoms with Crippen molar-refractivity contribution in [2.24, 2.45) is 5.10 Å². The lowest BCUT2D eigenvalue weighted by Gasteiger charge is -2.17. The van der Waals surface area contributed by atoms with Crippen LogP contribution in [0.1, 0.15) is 39.5 Å². The predicted octanol–water partition coefficient (Wildman–Crippen LogP) is 6.63.